The highest BCUT2D eigenvalue weighted by Gasteiger charge is 2.56. The molecule has 5 heteroatoms. The Morgan fingerprint density at radius 1 is 0.765 bits per heavy atom. The van der Waals surface area contributed by atoms with Crippen LogP contribution in [-0.2, 0) is 29.3 Å². The van der Waals surface area contributed by atoms with E-state index in [1.165, 1.54) is 0 Å². The van der Waals surface area contributed by atoms with E-state index in [0.29, 0.717) is 13.2 Å². The van der Waals surface area contributed by atoms with Gasteiger partial charge in [-0.25, -0.2) is 0 Å². The second-order valence-electron chi connectivity index (χ2n) is 9.15. The Balaban J connectivity index is 1.52. The van der Waals surface area contributed by atoms with Crippen LogP contribution in [-0.4, -0.2) is 43.6 Å². The summed E-state index contributed by atoms with van der Waals surface area (Å²) in [6.45, 7) is 6.64. The van der Waals surface area contributed by atoms with Gasteiger partial charge in [-0.15, -0.1) is 0 Å². The molecule has 5 nitrogen and oxygen atoms in total. The third kappa shape index (κ3) is 4.30. The Bertz CT molecular complexity index is 957. The molecule has 34 heavy (non-hydrogen) atoms. The zero-order chi connectivity index (χ0) is 23.6. The maximum atomic E-state index is 6.95. The quantitative estimate of drug-likeness (QED) is 0.428. The summed E-state index contributed by atoms with van der Waals surface area (Å²) in [5, 5.41) is 0. The molecule has 0 spiro atoms. The molecule has 2 heterocycles. The van der Waals surface area contributed by atoms with Crippen LogP contribution in [0.5, 0.6) is 0 Å². The second kappa shape index (κ2) is 9.61. The lowest BCUT2D eigenvalue weighted by atomic mass is 9.80. The van der Waals surface area contributed by atoms with Crippen LogP contribution in [0.15, 0.2) is 91.0 Å². The van der Waals surface area contributed by atoms with Crippen LogP contribution in [0.4, 0.5) is 0 Å². The van der Waals surface area contributed by atoms with Gasteiger partial charge in [-0.2, -0.15) is 0 Å². The fourth-order valence-corrected chi connectivity index (χ4v) is 5.05. The van der Waals surface area contributed by atoms with Crippen LogP contribution in [0.2, 0.25) is 0 Å². The van der Waals surface area contributed by atoms with Gasteiger partial charge in [0.1, 0.15) is 23.9 Å². The maximum absolute atomic E-state index is 6.95. The molecule has 2 fully saturated rings. The zero-order valence-electron chi connectivity index (χ0n) is 19.9. The summed E-state index contributed by atoms with van der Waals surface area (Å²) in [6.07, 6.45) is -1.37. The summed E-state index contributed by atoms with van der Waals surface area (Å²) in [4.78, 5) is 0. The number of ether oxygens (including phenoxy) is 5. The number of hydrogen-bond donors (Lipinski definition) is 0. The third-order valence-corrected chi connectivity index (χ3v) is 6.45. The summed E-state index contributed by atoms with van der Waals surface area (Å²) in [5.41, 5.74) is 2.33. The first-order valence-electron chi connectivity index (χ1n) is 12.0. The molecule has 0 radical (unpaired) electrons. The summed E-state index contributed by atoms with van der Waals surface area (Å²) < 4.78 is 31.4. The molecule has 0 aliphatic carbocycles. The van der Waals surface area contributed by atoms with Gasteiger partial charge in [-0.1, -0.05) is 91.0 Å². The molecular formula is C29H32O5. The highest BCUT2D eigenvalue weighted by molar-refractivity contribution is 5.47. The van der Waals surface area contributed by atoms with Crippen molar-refractivity contribution in [2.24, 2.45) is 0 Å². The van der Waals surface area contributed by atoms with E-state index in [9.17, 15) is 0 Å². The lowest BCUT2D eigenvalue weighted by Crippen LogP contribution is -2.42. The van der Waals surface area contributed by atoms with Crippen molar-refractivity contribution in [2.45, 2.75) is 56.8 Å². The van der Waals surface area contributed by atoms with Gasteiger partial charge in [0, 0.05) is 6.61 Å². The van der Waals surface area contributed by atoms with Crippen LogP contribution in [0.25, 0.3) is 0 Å². The Morgan fingerprint density at radius 2 is 1.26 bits per heavy atom. The molecule has 0 saturated carbocycles. The normalized spacial score (nSPS) is 25.9. The predicted molar refractivity (Wildman–Crippen MR) is 129 cm³/mol. The molecule has 4 atom stereocenters. The average Bonchev–Trinajstić information content (AvgIpc) is 3.33. The van der Waals surface area contributed by atoms with Crippen LogP contribution in [0, 0.1) is 0 Å². The van der Waals surface area contributed by atoms with Crippen molar-refractivity contribution in [2.75, 3.05) is 13.2 Å². The molecule has 2 saturated heterocycles. The summed E-state index contributed by atoms with van der Waals surface area (Å²) in [6, 6.07) is 31.0. The van der Waals surface area contributed by atoms with Crippen molar-refractivity contribution in [1.29, 1.82) is 0 Å². The molecule has 2 aliphatic heterocycles. The van der Waals surface area contributed by atoms with Gasteiger partial charge < -0.3 is 23.7 Å². The lowest BCUT2D eigenvalue weighted by Gasteiger charge is -2.37. The predicted octanol–water partition coefficient (Wildman–Crippen LogP) is 5.28. The van der Waals surface area contributed by atoms with Crippen molar-refractivity contribution < 1.29 is 23.7 Å². The molecule has 0 unspecified atom stereocenters. The monoisotopic (exact) mass is 460 g/mol. The van der Waals surface area contributed by atoms with E-state index in [4.69, 9.17) is 23.7 Å². The first-order valence-corrected chi connectivity index (χ1v) is 12.0. The minimum atomic E-state index is -0.817. The molecule has 0 bridgehead atoms. The van der Waals surface area contributed by atoms with E-state index in [-0.39, 0.29) is 18.3 Å². The first-order chi connectivity index (χ1) is 16.5. The number of benzene rings is 3. The topological polar surface area (TPSA) is 46.2 Å². The van der Waals surface area contributed by atoms with Gasteiger partial charge in [-0.3, -0.25) is 0 Å². The fourth-order valence-electron chi connectivity index (χ4n) is 5.05. The molecular weight excluding hydrogens is 428 g/mol. The molecule has 0 amide bonds. The largest absolute Gasteiger partial charge is 0.373 e. The van der Waals surface area contributed by atoms with Crippen molar-refractivity contribution >= 4 is 0 Å². The van der Waals surface area contributed by atoms with E-state index < -0.39 is 17.7 Å². The minimum Gasteiger partial charge on any atom is -0.373 e. The Kier molecular flexibility index (Phi) is 6.56. The summed E-state index contributed by atoms with van der Waals surface area (Å²) >= 11 is 0. The van der Waals surface area contributed by atoms with Crippen molar-refractivity contribution in [1.82, 2.24) is 0 Å². The SMILES string of the molecule is CCO[C@@H]1[C@H]2OC(C)(C)O[C@H]2O[C@@H]1COC(c1ccccc1)(c1ccccc1)c1ccccc1. The van der Waals surface area contributed by atoms with Crippen LogP contribution in [0.1, 0.15) is 37.5 Å². The maximum Gasteiger partial charge on any atom is 0.190 e. The highest BCUT2D eigenvalue weighted by Crippen LogP contribution is 2.43. The summed E-state index contributed by atoms with van der Waals surface area (Å²) in [5.74, 6) is -0.696. The smallest absolute Gasteiger partial charge is 0.190 e. The van der Waals surface area contributed by atoms with Gasteiger partial charge in [0.2, 0.25) is 0 Å². The molecule has 5 rings (SSSR count). The lowest BCUT2D eigenvalue weighted by molar-refractivity contribution is -0.226. The van der Waals surface area contributed by atoms with E-state index in [1.807, 2.05) is 75.4 Å². The highest BCUT2D eigenvalue weighted by atomic mass is 16.8. The standard InChI is InChI=1S/C29H32O5/c1-4-30-25-24(32-27-26(25)33-28(2,3)34-27)20-31-29(21-14-8-5-9-15-21,22-16-10-6-11-17-22)23-18-12-7-13-19-23/h5-19,24-27H,4,20H2,1-3H3/t24-,25+,26-,27-/m1/s1. The number of hydrogen-bond acceptors (Lipinski definition) is 5. The molecule has 0 N–H and O–H groups in total. The van der Waals surface area contributed by atoms with E-state index >= 15 is 0 Å². The van der Waals surface area contributed by atoms with Gasteiger partial charge in [-0.05, 0) is 37.5 Å². The number of rotatable bonds is 8. The zero-order valence-corrected chi connectivity index (χ0v) is 19.9. The molecule has 2 aliphatic rings. The minimum absolute atomic E-state index is 0.281. The molecule has 3 aromatic carbocycles. The number of fused-ring (bicyclic) bond motifs is 1. The average molecular weight is 461 g/mol. The fraction of sp³-hybridized carbons (Fsp3) is 0.379. The Labute approximate surface area is 201 Å². The first kappa shape index (κ1) is 23.2. The Morgan fingerprint density at radius 3 is 1.74 bits per heavy atom. The van der Waals surface area contributed by atoms with Gasteiger partial charge in [0.15, 0.2) is 12.1 Å². The molecule has 0 aromatic heterocycles. The van der Waals surface area contributed by atoms with Crippen molar-refractivity contribution in [3.05, 3.63) is 108 Å². The van der Waals surface area contributed by atoms with Gasteiger partial charge in [0.25, 0.3) is 0 Å². The van der Waals surface area contributed by atoms with E-state index in [1.54, 1.807) is 0 Å². The third-order valence-electron chi connectivity index (χ3n) is 6.45. The van der Waals surface area contributed by atoms with Crippen LogP contribution >= 0.6 is 0 Å². The van der Waals surface area contributed by atoms with Crippen LogP contribution < -0.4 is 0 Å². The van der Waals surface area contributed by atoms with Crippen molar-refractivity contribution in [3.63, 3.8) is 0 Å². The van der Waals surface area contributed by atoms with E-state index in [2.05, 4.69) is 36.4 Å². The second-order valence-corrected chi connectivity index (χ2v) is 9.15. The molecule has 3 aromatic rings. The van der Waals surface area contributed by atoms with E-state index in [0.717, 1.165) is 16.7 Å². The van der Waals surface area contributed by atoms with Crippen LogP contribution in [0.3, 0.4) is 0 Å². The molecule has 178 valence electrons. The van der Waals surface area contributed by atoms with Crippen molar-refractivity contribution in [3.8, 4) is 0 Å². The Hall–Kier alpha value is -2.54. The summed E-state index contributed by atoms with van der Waals surface area (Å²) in [7, 11) is 0. The van der Waals surface area contributed by atoms with Gasteiger partial charge in [0.05, 0.1) is 6.61 Å². The van der Waals surface area contributed by atoms with Gasteiger partial charge >= 0.3 is 0 Å².